The van der Waals surface area contributed by atoms with Gasteiger partial charge in [0.05, 0.1) is 12.6 Å². The third kappa shape index (κ3) is 3.23. The van der Waals surface area contributed by atoms with Gasteiger partial charge < -0.3 is 16.4 Å². The molecule has 0 saturated carbocycles. The lowest BCUT2D eigenvalue weighted by Crippen LogP contribution is -2.35. The highest BCUT2D eigenvalue weighted by Crippen LogP contribution is 2.34. The summed E-state index contributed by atoms with van der Waals surface area (Å²) >= 11 is 0. The first-order chi connectivity index (χ1) is 13.5. The number of carbonyl (C=O) groups is 3. The molecule has 3 amide bonds. The van der Waals surface area contributed by atoms with Crippen LogP contribution in [0, 0.1) is 0 Å². The Morgan fingerprint density at radius 2 is 1.82 bits per heavy atom. The summed E-state index contributed by atoms with van der Waals surface area (Å²) in [7, 11) is 0. The van der Waals surface area contributed by atoms with Crippen molar-refractivity contribution in [3.05, 3.63) is 66.4 Å². The first-order valence-electron chi connectivity index (χ1n) is 8.66. The molecule has 0 saturated heterocycles. The van der Waals surface area contributed by atoms with Gasteiger partial charge in [0, 0.05) is 16.8 Å². The molecule has 0 radical (unpaired) electrons. The van der Waals surface area contributed by atoms with Crippen LogP contribution in [0.15, 0.2) is 60.8 Å². The van der Waals surface area contributed by atoms with Gasteiger partial charge in [0.25, 0.3) is 0 Å². The summed E-state index contributed by atoms with van der Waals surface area (Å²) in [6.07, 6.45) is 1.62. The highest BCUT2D eigenvalue weighted by atomic mass is 16.2. The van der Waals surface area contributed by atoms with E-state index in [1.54, 1.807) is 18.3 Å². The van der Waals surface area contributed by atoms with E-state index >= 15 is 0 Å². The van der Waals surface area contributed by atoms with E-state index in [1.165, 1.54) is 16.8 Å². The SMILES string of the molecule is NC(=O)c1ccc(NC(=O)C2CC(=O)Nc3c(-c4ccccc4)cnn32)cc1. The molecular formula is C20H17N5O3. The number of hydrogen-bond acceptors (Lipinski definition) is 4. The Morgan fingerprint density at radius 3 is 2.50 bits per heavy atom. The number of primary amides is 1. The average Bonchev–Trinajstić information content (AvgIpc) is 3.12. The molecule has 0 bridgehead atoms. The van der Waals surface area contributed by atoms with Gasteiger partial charge in [0.2, 0.25) is 17.7 Å². The van der Waals surface area contributed by atoms with Gasteiger partial charge in [-0.15, -0.1) is 0 Å². The summed E-state index contributed by atoms with van der Waals surface area (Å²) in [6.45, 7) is 0. The molecule has 1 aromatic heterocycles. The number of carbonyl (C=O) groups excluding carboxylic acids is 3. The minimum Gasteiger partial charge on any atom is -0.366 e. The van der Waals surface area contributed by atoms with E-state index < -0.39 is 11.9 Å². The van der Waals surface area contributed by atoms with Gasteiger partial charge >= 0.3 is 0 Å². The Kier molecular flexibility index (Phi) is 4.36. The molecule has 2 heterocycles. The monoisotopic (exact) mass is 375 g/mol. The third-order valence-electron chi connectivity index (χ3n) is 4.55. The number of rotatable bonds is 4. The molecule has 0 spiro atoms. The minimum absolute atomic E-state index is 0.0197. The number of nitrogens with one attached hydrogen (secondary N) is 2. The van der Waals surface area contributed by atoms with E-state index in [0.717, 1.165) is 11.1 Å². The minimum atomic E-state index is -0.781. The highest BCUT2D eigenvalue weighted by molar-refractivity contribution is 6.03. The molecule has 8 heteroatoms. The summed E-state index contributed by atoms with van der Waals surface area (Å²) in [4.78, 5) is 36.2. The van der Waals surface area contributed by atoms with Crippen LogP contribution >= 0.6 is 0 Å². The number of hydrogen-bond donors (Lipinski definition) is 3. The second-order valence-corrected chi connectivity index (χ2v) is 6.42. The lowest BCUT2D eigenvalue weighted by atomic mass is 10.1. The fourth-order valence-electron chi connectivity index (χ4n) is 3.14. The summed E-state index contributed by atoms with van der Waals surface area (Å²) in [6, 6.07) is 14.9. The average molecular weight is 375 g/mol. The van der Waals surface area contributed by atoms with E-state index in [0.29, 0.717) is 17.1 Å². The van der Waals surface area contributed by atoms with Crippen molar-refractivity contribution in [3.8, 4) is 11.1 Å². The van der Waals surface area contributed by atoms with Crippen LogP contribution in [-0.2, 0) is 9.59 Å². The summed E-state index contributed by atoms with van der Waals surface area (Å²) in [5.41, 5.74) is 7.70. The van der Waals surface area contributed by atoms with E-state index in [4.69, 9.17) is 5.73 Å². The van der Waals surface area contributed by atoms with Crippen molar-refractivity contribution in [2.75, 3.05) is 10.6 Å². The van der Waals surface area contributed by atoms with Crippen LogP contribution in [0.2, 0.25) is 0 Å². The lowest BCUT2D eigenvalue weighted by molar-refractivity contribution is -0.125. The summed E-state index contributed by atoms with van der Waals surface area (Å²) < 4.78 is 1.52. The molecule has 8 nitrogen and oxygen atoms in total. The van der Waals surface area contributed by atoms with Crippen molar-refractivity contribution >= 4 is 29.2 Å². The number of nitrogens with two attached hydrogens (primary N) is 1. The maximum Gasteiger partial charge on any atom is 0.249 e. The summed E-state index contributed by atoms with van der Waals surface area (Å²) in [5, 5.41) is 9.89. The van der Waals surface area contributed by atoms with Crippen LogP contribution < -0.4 is 16.4 Å². The normalized spacial score (nSPS) is 15.4. The Labute approximate surface area is 160 Å². The van der Waals surface area contributed by atoms with E-state index in [9.17, 15) is 14.4 Å². The smallest absolute Gasteiger partial charge is 0.249 e. The van der Waals surface area contributed by atoms with Crippen molar-refractivity contribution in [1.82, 2.24) is 9.78 Å². The molecule has 1 aliphatic heterocycles. The molecular weight excluding hydrogens is 358 g/mol. The number of amides is 3. The zero-order valence-corrected chi connectivity index (χ0v) is 14.8. The maximum absolute atomic E-state index is 12.8. The fraction of sp³-hybridized carbons (Fsp3) is 0.100. The number of aromatic nitrogens is 2. The largest absolute Gasteiger partial charge is 0.366 e. The van der Waals surface area contributed by atoms with Crippen molar-refractivity contribution in [2.24, 2.45) is 5.73 Å². The Bertz CT molecular complexity index is 1060. The Morgan fingerprint density at radius 1 is 1.11 bits per heavy atom. The molecule has 4 N–H and O–H groups in total. The van der Waals surface area contributed by atoms with Gasteiger partial charge in [-0.25, -0.2) is 4.68 Å². The van der Waals surface area contributed by atoms with Crippen molar-refractivity contribution in [1.29, 1.82) is 0 Å². The molecule has 1 atom stereocenters. The van der Waals surface area contributed by atoms with Crippen LogP contribution in [-0.4, -0.2) is 27.5 Å². The van der Waals surface area contributed by atoms with Crippen molar-refractivity contribution in [2.45, 2.75) is 12.5 Å². The van der Waals surface area contributed by atoms with Crippen LogP contribution in [0.25, 0.3) is 11.1 Å². The second kappa shape index (κ2) is 6.99. The zero-order chi connectivity index (χ0) is 19.7. The lowest BCUT2D eigenvalue weighted by Gasteiger charge is -2.24. The van der Waals surface area contributed by atoms with E-state index in [-0.39, 0.29) is 18.2 Å². The molecule has 140 valence electrons. The molecule has 28 heavy (non-hydrogen) atoms. The number of benzene rings is 2. The molecule has 2 aromatic carbocycles. The topological polar surface area (TPSA) is 119 Å². The maximum atomic E-state index is 12.8. The third-order valence-corrected chi connectivity index (χ3v) is 4.55. The molecule has 0 fully saturated rings. The number of nitrogens with zero attached hydrogens (tertiary/aromatic N) is 2. The zero-order valence-electron chi connectivity index (χ0n) is 14.8. The van der Waals surface area contributed by atoms with Gasteiger partial charge in [-0.3, -0.25) is 14.4 Å². The molecule has 0 aliphatic carbocycles. The molecule has 1 aliphatic rings. The summed E-state index contributed by atoms with van der Waals surface area (Å²) in [5.74, 6) is -0.678. The predicted octanol–water partition coefficient (Wildman–Crippen LogP) is 2.17. The highest BCUT2D eigenvalue weighted by Gasteiger charge is 2.33. The van der Waals surface area contributed by atoms with Crippen LogP contribution in [0.3, 0.4) is 0 Å². The van der Waals surface area contributed by atoms with Crippen molar-refractivity contribution in [3.63, 3.8) is 0 Å². The van der Waals surface area contributed by atoms with E-state index in [1.807, 2.05) is 30.3 Å². The van der Waals surface area contributed by atoms with E-state index in [2.05, 4.69) is 15.7 Å². The second-order valence-electron chi connectivity index (χ2n) is 6.42. The number of anilines is 2. The van der Waals surface area contributed by atoms with Gasteiger partial charge in [-0.2, -0.15) is 5.10 Å². The van der Waals surface area contributed by atoms with Gasteiger partial charge in [0.15, 0.2) is 0 Å². The van der Waals surface area contributed by atoms with Crippen LogP contribution in [0.4, 0.5) is 11.5 Å². The van der Waals surface area contributed by atoms with Gasteiger partial charge in [-0.05, 0) is 29.8 Å². The Hall–Kier alpha value is -3.94. The van der Waals surface area contributed by atoms with Gasteiger partial charge in [0.1, 0.15) is 11.9 Å². The molecule has 3 aromatic rings. The van der Waals surface area contributed by atoms with Gasteiger partial charge in [-0.1, -0.05) is 30.3 Å². The Balaban J connectivity index is 1.61. The molecule has 4 rings (SSSR count). The molecule has 1 unspecified atom stereocenters. The van der Waals surface area contributed by atoms with Crippen LogP contribution in [0.1, 0.15) is 22.8 Å². The van der Waals surface area contributed by atoms with Crippen molar-refractivity contribution < 1.29 is 14.4 Å². The van der Waals surface area contributed by atoms with Crippen LogP contribution in [0.5, 0.6) is 0 Å². The fourth-order valence-corrected chi connectivity index (χ4v) is 3.14. The predicted molar refractivity (Wildman–Crippen MR) is 104 cm³/mol. The first kappa shape index (κ1) is 17.5. The quantitative estimate of drug-likeness (QED) is 0.647. The standard InChI is InChI=1S/C20H17N5O3/c21-18(27)13-6-8-14(9-7-13)23-20(28)16-10-17(26)24-19-15(11-22-25(16)19)12-4-2-1-3-5-12/h1-9,11,16H,10H2,(H2,21,27)(H,23,28)(H,24,26). The first-order valence-corrected chi connectivity index (χ1v) is 8.66. The number of fused-ring (bicyclic) bond motifs is 1.